The molecule has 118 valence electrons. The minimum Gasteiger partial charge on any atom is -0.384 e. The first-order valence-electron chi connectivity index (χ1n) is 7.42. The topological polar surface area (TPSA) is 49.9 Å². The highest BCUT2D eigenvalue weighted by atomic mass is 19.2. The van der Waals surface area contributed by atoms with Crippen molar-refractivity contribution in [2.24, 2.45) is 5.73 Å². The predicted molar refractivity (Wildman–Crippen MR) is 79.4 cm³/mol. The van der Waals surface area contributed by atoms with E-state index < -0.39 is 23.6 Å². The van der Waals surface area contributed by atoms with Gasteiger partial charge in [0.25, 0.3) is 0 Å². The molecule has 1 aromatic carbocycles. The summed E-state index contributed by atoms with van der Waals surface area (Å²) in [7, 11) is 0. The second-order valence-electron chi connectivity index (χ2n) is 5.30. The fraction of sp³-hybridized carbons (Fsp3) is 0.562. The van der Waals surface area contributed by atoms with Gasteiger partial charge in [0.2, 0.25) is 0 Å². The Labute approximate surface area is 124 Å². The Morgan fingerprint density at radius 1 is 1.14 bits per heavy atom. The van der Waals surface area contributed by atoms with Crippen LogP contribution in [0.25, 0.3) is 0 Å². The first-order valence-corrected chi connectivity index (χ1v) is 7.42. The molecule has 0 saturated carbocycles. The monoisotopic (exact) mass is 300 g/mol. The van der Waals surface area contributed by atoms with Crippen molar-refractivity contribution in [1.82, 2.24) is 0 Å². The summed E-state index contributed by atoms with van der Waals surface area (Å²) in [6.45, 7) is 2.09. The molecule has 0 spiro atoms. The molecule has 0 saturated heterocycles. The number of nitrogens with one attached hydrogen (secondary N) is 1. The largest absolute Gasteiger partial charge is 0.384 e. The molecule has 2 nitrogen and oxygen atoms in total. The highest BCUT2D eigenvalue weighted by Crippen LogP contribution is 2.20. The lowest BCUT2D eigenvalue weighted by molar-refractivity contribution is 0.286. The number of amidine groups is 1. The van der Waals surface area contributed by atoms with Crippen molar-refractivity contribution in [3.05, 3.63) is 34.9 Å². The molecule has 0 aliphatic rings. The van der Waals surface area contributed by atoms with Gasteiger partial charge in [0.1, 0.15) is 12.0 Å². The zero-order chi connectivity index (χ0) is 15.8. The maximum atomic E-state index is 13.8. The van der Waals surface area contributed by atoms with Crippen LogP contribution in [0, 0.1) is 17.0 Å². The molecule has 0 heterocycles. The second kappa shape index (κ2) is 8.70. The molecule has 0 radical (unpaired) electrons. The SMILES string of the molecule is CCCCCCC(F)CCc1ccc(C(=N)N)c(F)c1F. The molecule has 21 heavy (non-hydrogen) atoms. The van der Waals surface area contributed by atoms with Crippen LogP contribution in [0.1, 0.15) is 56.6 Å². The summed E-state index contributed by atoms with van der Waals surface area (Å²) < 4.78 is 41.1. The van der Waals surface area contributed by atoms with E-state index in [9.17, 15) is 13.2 Å². The molecule has 0 aromatic heterocycles. The van der Waals surface area contributed by atoms with E-state index in [0.29, 0.717) is 6.42 Å². The molecular weight excluding hydrogens is 277 g/mol. The fourth-order valence-corrected chi connectivity index (χ4v) is 2.24. The Balaban J connectivity index is 2.52. The van der Waals surface area contributed by atoms with Gasteiger partial charge >= 0.3 is 0 Å². The molecular formula is C16H23F3N2. The minimum atomic E-state index is -1.13. The molecule has 5 heteroatoms. The molecule has 0 aliphatic carbocycles. The Bertz CT molecular complexity index is 475. The third-order valence-electron chi connectivity index (χ3n) is 3.55. The molecule has 0 amide bonds. The summed E-state index contributed by atoms with van der Waals surface area (Å²) in [5.41, 5.74) is 5.03. The van der Waals surface area contributed by atoms with Crippen LogP contribution in [0.2, 0.25) is 0 Å². The van der Waals surface area contributed by atoms with Crippen molar-refractivity contribution in [3.8, 4) is 0 Å². The first kappa shape index (κ1) is 17.5. The van der Waals surface area contributed by atoms with Gasteiger partial charge in [-0.3, -0.25) is 5.41 Å². The van der Waals surface area contributed by atoms with Crippen LogP contribution in [0.4, 0.5) is 13.2 Å². The summed E-state index contributed by atoms with van der Waals surface area (Å²) in [5, 5.41) is 7.13. The van der Waals surface area contributed by atoms with Crippen LogP contribution in [0.5, 0.6) is 0 Å². The van der Waals surface area contributed by atoms with Crippen LogP contribution < -0.4 is 5.73 Å². The minimum absolute atomic E-state index is 0.133. The van der Waals surface area contributed by atoms with E-state index >= 15 is 0 Å². The van der Waals surface area contributed by atoms with E-state index in [4.69, 9.17) is 11.1 Å². The van der Waals surface area contributed by atoms with Crippen molar-refractivity contribution in [1.29, 1.82) is 5.41 Å². The van der Waals surface area contributed by atoms with Gasteiger partial charge in [-0.1, -0.05) is 38.7 Å². The molecule has 0 fully saturated rings. The molecule has 3 N–H and O–H groups in total. The van der Waals surface area contributed by atoms with Crippen LogP contribution >= 0.6 is 0 Å². The Hall–Kier alpha value is -1.52. The number of benzene rings is 1. The lowest BCUT2D eigenvalue weighted by Crippen LogP contribution is -2.15. The molecule has 1 aromatic rings. The Morgan fingerprint density at radius 3 is 2.48 bits per heavy atom. The highest BCUT2D eigenvalue weighted by molar-refractivity contribution is 5.95. The fourth-order valence-electron chi connectivity index (χ4n) is 2.24. The standard InChI is InChI=1S/C16H23F3N2/c1-2-3-4-5-6-12(17)9-7-11-8-10-13(16(20)21)15(19)14(11)18/h8,10,12H,2-7,9H2,1H3,(H3,20,21). The van der Waals surface area contributed by atoms with E-state index in [2.05, 4.69) is 6.92 Å². The van der Waals surface area contributed by atoms with Gasteiger partial charge in [0.15, 0.2) is 11.6 Å². The number of nitrogen functional groups attached to an aromatic ring is 1. The van der Waals surface area contributed by atoms with Gasteiger partial charge in [0, 0.05) is 0 Å². The number of rotatable bonds is 9. The first-order chi connectivity index (χ1) is 9.97. The summed E-state index contributed by atoms with van der Waals surface area (Å²) in [4.78, 5) is 0. The smallest absolute Gasteiger partial charge is 0.169 e. The second-order valence-corrected chi connectivity index (χ2v) is 5.30. The van der Waals surface area contributed by atoms with Gasteiger partial charge in [-0.15, -0.1) is 0 Å². The normalized spacial score (nSPS) is 12.4. The maximum Gasteiger partial charge on any atom is 0.169 e. The lowest BCUT2D eigenvalue weighted by Gasteiger charge is -2.10. The Morgan fingerprint density at radius 2 is 1.86 bits per heavy atom. The van der Waals surface area contributed by atoms with Crippen molar-refractivity contribution >= 4 is 5.84 Å². The predicted octanol–water partition coefficient (Wildman–Crippen LogP) is 4.49. The van der Waals surface area contributed by atoms with E-state index in [1.54, 1.807) is 0 Å². The van der Waals surface area contributed by atoms with Crippen molar-refractivity contribution in [2.45, 2.75) is 58.0 Å². The van der Waals surface area contributed by atoms with Gasteiger partial charge in [-0.2, -0.15) is 0 Å². The molecule has 1 unspecified atom stereocenters. The van der Waals surface area contributed by atoms with Crippen molar-refractivity contribution in [3.63, 3.8) is 0 Å². The molecule has 0 bridgehead atoms. The zero-order valence-electron chi connectivity index (χ0n) is 12.4. The zero-order valence-corrected chi connectivity index (χ0v) is 12.4. The van der Waals surface area contributed by atoms with Crippen LogP contribution in [0.15, 0.2) is 12.1 Å². The van der Waals surface area contributed by atoms with E-state index in [0.717, 1.165) is 25.7 Å². The number of unbranched alkanes of at least 4 members (excludes halogenated alkanes) is 3. The highest BCUT2D eigenvalue weighted by Gasteiger charge is 2.16. The van der Waals surface area contributed by atoms with E-state index in [1.807, 2.05) is 0 Å². The number of hydrogen-bond acceptors (Lipinski definition) is 1. The van der Waals surface area contributed by atoms with Crippen molar-refractivity contribution in [2.75, 3.05) is 0 Å². The lowest BCUT2D eigenvalue weighted by atomic mass is 10.0. The van der Waals surface area contributed by atoms with Gasteiger partial charge in [0.05, 0.1) is 5.56 Å². The third kappa shape index (κ3) is 5.40. The summed E-state index contributed by atoms with van der Waals surface area (Å²) >= 11 is 0. The number of alkyl halides is 1. The van der Waals surface area contributed by atoms with Gasteiger partial charge in [-0.05, 0) is 30.9 Å². The molecule has 1 rings (SSSR count). The quantitative estimate of drug-likeness (QED) is 0.394. The van der Waals surface area contributed by atoms with Gasteiger partial charge < -0.3 is 5.73 Å². The molecule has 0 aliphatic heterocycles. The number of halogens is 3. The number of hydrogen-bond donors (Lipinski definition) is 2. The average molecular weight is 300 g/mol. The summed E-state index contributed by atoms with van der Waals surface area (Å²) in [5.74, 6) is -2.67. The molecule has 1 atom stereocenters. The Kier molecular flexibility index (Phi) is 7.26. The van der Waals surface area contributed by atoms with Gasteiger partial charge in [-0.25, -0.2) is 13.2 Å². The number of nitrogens with two attached hydrogens (primary N) is 1. The van der Waals surface area contributed by atoms with E-state index in [-0.39, 0.29) is 24.0 Å². The van der Waals surface area contributed by atoms with Crippen LogP contribution in [-0.2, 0) is 6.42 Å². The van der Waals surface area contributed by atoms with E-state index in [1.165, 1.54) is 12.1 Å². The third-order valence-corrected chi connectivity index (χ3v) is 3.55. The van der Waals surface area contributed by atoms with Crippen LogP contribution in [-0.4, -0.2) is 12.0 Å². The maximum absolute atomic E-state index is 13.8. The average Bonchev–Trinajstić information content (AvgIpc) is 2.44. The summed E-state index contributed by atoms with van der Waals surface area (Å²) in [6, 6.07) is 2.64. The number of aryl methyl sites for hydroxylation is 1. The van der Waals surface area contributed by atoms with Crippen molar-refractivity contribution < 1.29 is 13.2 Å². The summed E-state index contributed by atoms with van der Waals surface area (Å²) in [6.07, 6.45) is 3.84. The van der Waals surface area contributed by atoms with Crippen LogP contribution in [0.3, 0.4) is 0 Å².